The molecule has 3 atom stereocenters. The van der Waals surface area contributed by atoms with Gasteiger partial charge in [-0.25, -0.2) is 0 Å². The molecule has 0 aliphatic heterocycles. The Labute approximate surface area is 191 Å². The van der Waals surface area contributed by atoms with Crippen LogP contribution in [-0.4, -0.2) is 35.2 Å². The van der Waals surface area contributed by atoms with Gasteiger partial charge in [-0.2, -0.15) is 0 Å². The lowest BCUT2D eigenvalue weighted by Crippen LogP contribution is -2.34. The van der Waals surface area contributed by atoms with Gasteiger partial charge in [-0.05, 0) is 50.1 Å². The monoisotopic (exact) mass is 454 g/mol. The molecule has 0 fully saturated rings. The quantitative estimate of drug-likeness (QED) is 0.403. The van der Waals surface area contributed by atoms with Gasteiger partial charge in [0.25, 0.3) is 0 Å². The molecule has 0 saturated heterocycles. The summed E-state index contributed by atoms with van der Waals surface area (Å²) in [5.74, 6) is -2.11. The Balaban J connectivity index is 1.61. The maximum Gasteiger partial charge on any atom is 0.307 e. The number of hydrogen-bond acceptors (Lipinski definition) is 5. The maximum atomic E-state index is 12.7. The molecule has 1 aliphatic carbocycles. The molecule has 2 amide bonds. The van der Waals surface area contributed by atoms with Crippen molar-refractivity contribution in [2.24, 2.45) is 11.8 Å². The van der Waals surface area contributed by atoms with Crippen molar-refractivity contribution < 1.29 is 24.2 Å². The first-order chi connectivity index (χ1) is 15.4. The Morgan fingerprint density at radius 3 is 2.34 bits per heavy atom. The molecule has 2 aromatic carbocycles. The Hall–Kier alpha value is -3.26. The number of thioether (sulfide) groups is 1. The highest BCUT2D eigenvalue weighted by Gasteiger charge is 2.34. The molecule has 3 rings (SSSR count). The lowest BCUT2D eigenvalue weighted by molar-refractivity contribution is -0.146. The van der Waals surface area contributed by atoms with Crippen LogP contribution in [-0.2, 0) is 14.4 Å². The van der Waals surface area contributed by atoms with Crippen LogP contribution >= 0.6 is 11.8 Å². The van der Waals surface area contributed by atoms with Crippen LogP contribution in [0.5, 0.6) is 5.75 Å². The van der Waals surface area contributed by atoms with Gasteiger partial charge in [-0.1, -0.05) is 24.3 Å². The number of carboxylic acid groups (broad SMARTS) is 1. The number of nitrogens with one attached hydrogen (secondary N) is 2. The standard InChI is InChI=1S/C24H26N2O5S/c1-15(22(27)25-16-7-5-9-18(13-16)31-2)32-19-10-6-8-17(14-19)26-23(28)20-11-3-4-12-21(20)24(29)30/h3-10,13-15,20-21H,11-12H2,1-2H3,(H,25,27)(H,26,28)(H,29,30). The first kappa shape index (κ1) is 23.4. The number of ether oxygens (including phenoxy) is 1. The normalized spacial score (nSPS) is 18.4. The third kappa shape index (κ3) is 6.13. The zero-order chi connectivity index (χ0) is 23.1. The van der Waals surface area contributed by atoms with E-state index >= 15 is 0 Å². The van der Waals surface area contributed by atoms with Gasteiger partial charge >= 0.3 is 5.97 Å². The summed E-state index contributed by atoms with van der Waals surface area (Å²) < 4.78 is 5.17. The Morgan fingerprint density at radius 1 is 1.00 bits per heavy atom. The molecular weight excluding hydrogens is 428 g/mol. The van der Waals surface area contributed by atoms with Gasteiger partial charge in [0.15, 0.2) is 0 Å². The molecule has 0 spiro atoms. The van der Waals surface area contributed by atoms with E-state index in [1.165, 1.54) is 11.8 Å². The van der Waals surface area contributed by atoms with Gasteiger partial charge in [0.2, 0.25) is 11.8 Å². The minimum atomic E-state index is -0.963. The van der Waals surface area contributed by atoms with Gasteiger partial charge < -0.3 is 20.5 Å². The lowest BCUT2D eigenvalue weighted by atomic mass is 9.82. The van der Waals surface area contributed by atoms with E-state index < -0.39 is 17.8 Å². The fourth-order valence-electron chi connectivity index (χ4n) is 3.46. The molecule has 8 heteroatoms. The van der Waals surface area contributed by atoms with E-state index in [2.05, 4.69) is 10.6 Å². The molecule has 2 aromatic rings. The Bertz CT molecular complexity index is 1020. The lowest BCUT2D eigenvalue weighted by Gasteiger charge is -2.24. The van der Waals surface area contributed by atoms with E-state index in [9.17, 15) is 19.5 Å². The fourth-order valence-corrected chi connectivity index (χ4v) is 4.39. The first-order valence-electron chi connectivity index (χ1n) is 10.3. The average molecular weight is 455 g/mol. The van der Waals surface area contributed by atoms with E-state index in [1.807, 2.05) is 12.1 Å². The summed E-state index contributed by atoms with van der Waals surface area (Å²) in [4.78, 5) is 37.6. The summed E-state index contributed by atoms with van der Waals surface area (Å²) in [5.41, 5.74) is 1.22. The number of carbonyl (C=O) groups is 3. The third-order valence-corrected chi connectivity index (χ3v) is 6.30. The van der Waals surface area contributed by atoms with Crippen LogP contribution in [0.2, 0.25) is 0 Å². The number of rotatable bonds is 8. The predicted octanol–water partition coefficient (Wildman–Crippen LogP) is 4.42. The molecule has 0 aromatic heterocycles. The van der Waals surface area contributed by atoms with Gasteiger partial charge in [0, 0.05) is 22.3 Å². The summed E-state index contributed by atoms with van der Waals surface area (Å²) in [7, 11) is 1.57. The van der Waals surface area contributed by atoms with Crippen molar-refractivity contribution in [3.05, 3.63) is 60.7 Å². The molecule has 3 unspecified atom stereocenters. The number of amides is 2. The molecule has 7 nitrogen and oxygen atoms in total. The molecule has 168 valence electrons. The molecule has 0 bridgehead atoms. The Morgan fingerprint density at radius 2 is 1.66 bits per heavy atom. The van der Waals surface area contributed by atoms with Crippen molar-refractivity contribution in [3.8, 4) is 5.75 Å². The zero-order valence-corrected chi connectivity index (χ0v) is 18.7. The summed E-state index contributed by atoms with van der Waals surface area (Å²) in [6.45, 7) is 1.80. The number of hydrogen-bond donors (Lipinski definition) is 3. The van der Waals surface area contributed by atoms with Crippen molar-refractivity contribution in [2.45, 2.75) is 29.9 Å². The molecule has 0 saturated carbocycles. The molecular formula is C24H26N2O5S. The summed E-state index contributed by atoms with van der Waals surface area (Å²) >= 11 is 1.36. The Kier molecular flexibility index (Phi) is 7.94. The van der Waals surface area contributed by atoms with Crippen LogP contribution in [0.4, 0.5) is 11.4 Å². The van der Waals surface area contributed by atoms with Crippen LogP contribution < -0.4 is 15.4 Å². The zero-order valence-electron chi connectivity index (χ0n) is 17.9. The van der Waals surface area contributed by atoms with E-state index in [0.717, 1.165) is 4.90 Å². The summed E-state index contributed by atoms with van der Waals surface area (Å²) in [6.07, 6.45) is 4.40. The number of anilines is 2. The fraction of sp³-hybridized carbons (Fsp3) is 0.292. The van der Waals surface area contributed by atoms with Crippen LogP contribution in [0.1, 0.15) is 19.8 Å². The van der Waals surface area contributed by atoms with Gasteiger partial charge in [0.05, 0.1) is 24.2 Å². The number of carboxylic acids is 1. The van der Waals surface area contributed by atoms with Gasteiger partial charge in [0.1, 0.15) is 5.75 Å². The minimum absolute atomic E-state index is 0.156. The van der Waals surface area contributed by atoms with Crippen LogP contribution in [0.15, 0.2) is 65.6 Å². The second-order valence-corrected chi connectivity index (χ2v) is 8.91. The van der Waals surface area contributed by atoms with Crippen molar-refractivity contribution >= 4 is 40.9 Å². The smallest absolute Gasteiger partial charge is 0.307 e. The highest BCUT2D eigenvalue weighted by atomic mass is 32.2. The van der Waals surface area contributed by atoms with E-state index in [4.69, 9.17) is 4.74 Å². The van der Waals surface area contributed by atoms with Crippen LogP contribution in [0, 0.1) is 11.8 Å². The highest BCUT2D eigenvalue weighted by Crippen LogP contribution is 2.30. The van der Waals surface area contributed by atoms with E-state index in [0.29, 0.717) is 30.0 Å². The average Bonchev–Trinajstić information content (AvgIpc) is 2.79. The maximum absolute atomic E-state index is 12.7. The summed E-state index contributed by atoms with van der Waals surface area (Å²) in [5, 5.41) is 14.7. The summed E-state index contributed by atoms with van der Waals surface area (Å²) in [6, 6.07) is 14.3. The number of benzene rings is 2. The molecule has 0 radical (unpaired) electrons. The highest BCUT2D eigenvalue weighted by molar-refractivity contribution is 8.00. The SMILES string of the molecule is COc1cccc(NC(=O)C(C)Sc2cccc(NC(=O)C3CC=CCC3C(=O)O)c2)c1. The van der Waals surface area contributed by atoms with E-state index in [1.54, 1.807) is 62.6 Å². The van der Waals surface area contributed by atoms with E-state index in [-0.39, 0.29) is 17.1 Å². The van der Waals surface area contributed by atoms with Crippen molar-refractivity contribution in [2.75, 3.05) is 17.7 Å². The van der Waals surface area contributed by atoms with Crippen molar-refractivity contribution in [3.63, 3.8) is 0 Å². The minimum Gasteiger partial charge on any atom is -0.497 e. The number of allylic oxidation sites excluding steroid dienone is 2. The van der Waals surface area contributed by atoms with Crippen molar-refractivity contribution in [1.82, 2.24) is 0 Å². The second kappa shape index (κ2) is 10.9. The first-order valence-corrected chi connectivity index (χ1v) is 11.2. The number of carbonyl (C=O) groups excluding carboxylic acids is 2. The molecule has 1 aliphatic rings. The number of aliphatic carboxylic acids is 1. The van der Waals surface area contributed by atoms with Crippen LogP contribution in [0.25, 0.3) is 0 Å². The van der Waals surface area contributed by atoms with Crippen molar-refractivity contribution in [1.29, 1.82) is 0 Å². The molecule has 3 N–H and O–H groups in total. The third-order valence-electron chi connectivity index (χ3n) is 5.21. The molecule has 0 heterocycles. The topological polar surface area (TPSA) is 105 Å². The predicted molar refractivity (Wildman–Crippen MR) is 125 cm³/mol. The second-order valence-electron chi connectivity index (χ2n) is 7.49. The molecule has 32 heavy (non-hydrogen) atoms. The largest absolute Gasteiger partial charge is 0.497 e. The van der Waals surface area contributed by atoms with Gasteiger partial charge in [-0.3, -0.25) is 14.4 Å². The van der Waals surface area contributed by atoms with Gasteiger partial charge in [-0.15, -0.1) is 11.8 Å². The van der Waals surface area contributed by atoms with Crippen LogP contribution in [0.3, 0.4) is 0 Å². The number of methoxy groups -OCH3 is 1.